The van der Waals surface area contributed by atoms with Crippen LogP contribution in [-0.2, 0) is 0 Å². The van der Waals surface area contributed by atoms with Crippen LogP contribution in [0.25, 0.3) is 0 Å². The number of benzene rings is 2. The summed E-state index contributed by atoms with van der Waals surface area (Å²) in [7, 11) is 1.59. The van der Waals surface area contributed by atoms with Gasteiger partial charge in [-0.25, -0.2) is 0 Å². The molecule has 1 aliphatic heterocycles. The molecule has 24 heavy (non-hydrogen) atoms. The molecule has 0 saturated carbocycles. The number of anilines is 1. The molecule has 1 N–H and O–H groups in total. The second kappa shape index (κ2) is 6.43. The fourth-order valence-corrected chi connectivity index (χ4v) is 2.37. The summed E-state index contributed by atoms with van der Waals surface area (Å²) in [6.07, 6.45) is 0. The van der Waals surface area contributed by atoms with Crippen LogP contribution >= 0.6 is 0 Å². The first kappa shape index (κ1) is 16.2. The van der Waals surface area contributed by atoms with E-state index in [1.165, 1.54) is 0 Å². The van der Waals surface area contributed by atoms with Gasteiger partial charge in [0.15, 0.2) is 11.5 Å². The van der Waals surface area contributed by atoms with Crippen LogP contribution in [0.3, 0.4) is 0 Å². The quantitative estimate of drug-likeness (QED) is 0.933. The molecule has 126 valence electrons. The zero-order valence-corrected chi connectivity index (χ0v) is 14.1. The Balaban J connectivity index is 1.78. The van der Waals surface area contributed by atoms with Crippen molar-refractivity contribution in [3.05, 3.63) is 48.0 Å². The van der Waals surface area contributed by atoms with Gasteiger partial charge in [-0.2, -0.15) is 0 Å². The Kier molecular flexibility index (Phi) is 4.34. The van der Waals surface area contributed by atoms with Crippen LogP contribution in [0.2, 0.25) is 0 Å². The first-order valence-corrected chi connectivity index (χ1v) is 7.82. The van der Waals surface area contributed by atoms with Crippen molar-refractivity contribution < 1.29 is 19.0 Å². The number of rotatable bonds is 3. The van der Waals surface area contributed by atoms with Crippen molar-refractivity contribution in [1.82, 2.24) is 0 Å². The van der Waals surface area contributed by atoms with E-state index in [2.05, 4.69) is 19.2 Å². The SMILES string of the molecule is COc1cccc(NC(=O)c2ccc3c(c2)OCC(C)(C)CO3)c1. The summed E-state index contributed by atoms with van der Waals surface area (Å²) in [5.74, 6) is 1.74. The van der Waals surface area contributed by atoms with Crippen molar-refractivity contribution >= 4 is 11.6 Å². The Morgan fingerprint density at radius 1 is 1.08 bits per heavy atom. The molecular weight excluding hydrogens is 306 g/mol. The lowest BCUT2D eigenvalue weighted by molar-refractivity contribution is 0.102. The molecule has 0 fully saturated rings. The minimum atomic E-state index is -0.210. The van der Waals surface area contributed by atoms with Crippen LogP contribution in [0.4, 0.5) is 5.69 Å². The van der Waals surface area contributed by atoms with Gasteiger partial charge in [0.25, 0.3) is 5.91 Å². The monoisotopic (exact) mass is 327 g/mol. The highest BCUT2D eigenvalue weighted by molar-refractivity contribution is 6.04. The minimum Gasteiger partial charge on any atom is -0.497 e. The van der Waals surface area contributed by atoms with E-state index >= 15 is 0 Å². The van der Waals surface area contributed by atoms with Gasteiger partial charge in [0.1, 0.15) is 5.75 Å². The topological polar surface area (TPSA) is 56.8 Å². The first-order valence-electron chi connectivity index (χ1n) is 7.82. The van der Waals surface area contributed by atoms with E-state index in [1.54, 1.807) is 31.4 Å². The molecule has 1 heterocycles. The summed E-state index contributed by atoms with van der Waals surface area (Å²) < 4.78 is 16.8. The number of methoxy groups -OCH3 is 1. The van der Waals surface area contributed by atoms with Crippen molar-refractivity contribution in [2.24, 2.45) is 5.41 Å². The van der Waals surface area contributed by atoms with Crippen molar-refractivity contribution in [3.63, 3.8) is 0 Å². The molecule has 1 aliphatic rings. The van der Waals surface area contributed by atoms with Gasteiger partial charge in [-0.1, -0.05) is 19.9 Å². The largest absolute Gasteiger partial charge is 0.497 e. The average molecular weight is 327 g/mol. The maximum Gasteiger partial charge on any atom is 0.255 e. The van der Waals surface area contributed by atoms with Gasteiger partial charge in [0, 0.05) is 22.7 Å². The highest BCUT2D eigenvalue weighted by Gasteiger charge is 2.25. The number of ether oxygens (including phenoxy) is 3. The van der Waals surface area contributed by atoms with E-state index < -0.39 is 0 Å². The van der Waals surface area contributed by atoms with Gasteiger partial charge < -0.3 is 19.5 Å². The zero-order valence-electron chi connectivity index (χ0n) is 14.1. The van der Waals surface area contributed by atoms with E-state index in [0.717, 1.165) is 0 Å². The third kappa shape index (κ3) is 3.62. The zero-order chi connectivity index (χ0) is 17.2. The van der Waals surface area contributed by atoms with E-state index in [-0.39, 0.29) is 11.3 Å². The summed E-state index contributed by atoms with van der Waals surface area (Å²) >= 11 is 0. The van der Waals surface area contributed by atoms with Crippen LogP contribution in [0.1, 0.15) is 24.2 Å². The Bertz CT molecular complexity index is 755. The van der Waals surface area contributed by atoms with Crippen LogP contribution in [0.15, 0.2) is 42.5 Å². The maximum atomic E-state index is 12.5. The predicted octanol–water partition coefficient (Wildman–Crippen LogP) is 3.74. The molecule has 0 aliphatic carbocycles. The highest BCUT2D eigenvalue weighted by atomic mass is 16.5. The van der Waals surface area contributed by atoms with Crippen LogP contribution in [0.5, 0.6) is 17.2 Å². The van der Waals surface area contributed by atoms with E-state index in [1.807, 2.05) is 18.2 Å². The Morgan fingerprint density at radius 2 is 1.83 bits per heavy atom. The third-order valence-corrected chi connectivity index (χ3v) is 3.77. The smallest absolute Gasteiger partial charge is 0.255 e. The number of hydrogen-bond donors (Lipinski definition) is 1. The van der Waals surface area contributed by atoms with Gasteiger partial charge in [-0.05, 0) is 30.3 Å². The molecule has 2 aromatic rings. The number of amides is 1. The molecule has 0 unspecified atom stereocenters. The third-order valence-electron chi connectivity index (χ3n) is 3.77. The summed E-state index contributed by atoms with van der Waals surface area (Å²) in [4.78, 5) is 12.5. The molecule has 2 aromatic carbocycles. The normalized spacial score (nSPS) is 15.3. The number of hydrogen-bond acceptors (Lipinski definition) is 4. The van der Waals surface area contributed by atoms with Crippen LogP contribution in [0, 0.1) is 5.41 Å². The molecule has 0 radical (unpaired) electrons. The molecule has 5 nitrogen and oxygen atoms in total. The lowest BCUT2D eigenvalue weighted by Gasteiger charge is -2.19. The summed E-state index contributed by atoms with van der Waals surface area (Å²) in [6, 6.07) is 12.4. The Labute approximate surface area is 141 Å². The summed E-state index contributed by atoms with van der Waals surface area (Å²) in [5, 5.41) is 2.86. The number of nitrogens with one attached hydrogen (secondary N) is 1. The molecule has 3 rings (SSSR count). The standard InChI is InChI=1S/C19H21NO4/c1-19(2)11-23-16-8-7-13(9-17(16)24-12-19)18(21)20-14-5-4-6-15(10-14)22-3/h4-10H,11-12H2,1-3H3,(H,20,21). The maximum absolute atomic E-state index is 12.5. The lowest BCUT2D eigenvalue weighted by atomic mass is 9.97. The molecule has 0 saturated heterocycles. The van der Waals surface area contributed by atoms with Crippen molar-refractivity contribution in [2.45, 2.75) is 13.8 Å². The molecule has 0 aromatic heterocycles. The fourth-order valence-electron chi connectivity index (χ4n) is 2.37. The van der Waals surface area contributed by atoms with Gasteiger partial charge in [0.05, 0.1) is 20.3 Å². The second-order valence-corrected chi connectivity index (χ2v) is 6.59. The highest BCUT2D eigenvalue weighted by Crippen LogP contribution is 2.34. The fraction of sp³-hybridized carbons (Fsp3) is 0.316. The lowest BCUT2D eigenvalue weighted by Crippen LogP contribution is -2.26. The average Bonchev–Trinajstić information content (AvgIpc) is 2.73. The second-order valence-electron chi connectivity index (χ2n) is 6.59. The Hall–Kier alpha value is -2.69. The van der Waals surface area contributed by atoms with Crippen LogP contribution < -0.4 is 19.5 Å². The van der Waals surface area contributed by atoms with E-state index in [0.29, 0.717) is 41.7 Å². The first-order chi connectivity index (χ1) is 11.5. The van der Waals surface area contributed by atoms with Crippen molar-refractivity contribution in [3.8, 4) is 17.2 Å². The Morgan fingerprint density at radius 3 is 2.58 bits per heavy atom. The predicted molar refractivity (Wildman–Crippen MR) is 92.2 cm³/mol. The number of carbonyl (C=O) groups is 1. The molecular formula is C19H21NO4. The van der Waals surface area contributed by atoms with Gasteiger partial charge in [0.2, 0.25) is 0 Å². The molecule has 5 heteroatoms. The van der Waals surface area contributed by atoms with E-state index in [9.17, 15) is 4.79 Å². The van der Waals surface area contributed by atoms with Gasteiger partial charge >= 0.3 is 0 Å². The molecule has 0 spiro atoms. The number of fused-ring (bicyclic) bond motifs is 1. The van der Waals surface area contributed by atoms with Crippen LogP contribution in [-0.4, -0.2) is 26.2 Å². The minimum absolute atomic E-state index is 0.0674. The van der Waals surface area contributed by atoms with Gasteiger partial charge in [-0.3, -0.25) is 4.79 Å². The molecule has 0 bridgehead atoms. The van der Waals surface area contributed by atoms with Gasteiger partial charge in [-0.15, -0.1) is 0 Å². The molecule has 1 amide bonds. The van der Waals surface area contributed by atoms with Crippen molar-refractivity contribution in [2.75, 3.05) is 25.6 Å². The molecule has 0 atom stereocenters. The summed E-state index contributed by atoms with van der Waals surface area (Å²) in [6.45, 7) is 5.28. The summed E-state index contributed by atoms with van der Waals surface area (Å²) in [5.41, 5.74) is 1.12. The van der Waals surface area contributed by atoms with E-state index in [4.69, 9.17) is 14.2 Å². The van der Waals surface area contributed by atoms with Crippen molar-refractivity contribution in [1.29, 1.82) is 0 Å². The number of carbonyl (C=O) groups excluding carboxylic acids is 1.